The zero-order valence-electron chi connectivity index (χ0n) is 8.90. The van der Waals surface area contributed by atoms with Gasteiger partial charge in [-0.1, -0.05) is 17.0 Å². The SMILES string of the molecule is [N-]=[N+]=NCC#Cc1cc([N+](=O)[O-])cc(C=O)c1O. The van der Waals surface area contributed by atoms with Gasteiger partial charge in [0.05, 0.1) is 22.6 Å². The van der Waals surface area contributed by atoms with E-state index in [4.69, 9.17) is 5.53 Å². The molecule has 1 rings (SSSR count). The van der Waals surface area contributed by atoms with E-state index < -0.39 is 10.7 Å². The van der Waals surface area contributed by atoms with Crippen LogP contribution in [-0.4, -0.2) is 22.9 Å². The lowest BCUT2D eigenvalue weighted by molar-refractivity contribution is -0.384. The molecule has 8 heteroatoms. The monoisotopic (exact) mass is 246 g/mol. The van der Waals surface area contributed by atoms with Crippen LogP contribution in [0.3, 0.4) is 0 Å². The van der Waals surface area contributed by atoms with E-state index in [2.05, 4.69) is 21.9 Å². The fraction of sp³-hybridized carbons (Fsp3) is 0.100. The van der Waals surface area contributed by atoms with E-state index in [-0.39, 0.29) is 23.4 Å². The van der Waals surface area contributed by atoms with Gasteiger partial charge in [0, 0.05) is 17.0 Å². The summed E-state index contributed by atoms with van der Waals surface area (Å²) in [6.07, 6.45) is 0.293. The molecule has 0 spiro atoms. The van der Waals surface area contributed by atoms with Gasteiger partial charge in [0.1, 0.15) is 5.75 Å². The van der Waals surface area contributed by atoms with Crippen molar-refractivity contribution in [2.24, 2.45) is 5.11 Å². The minimum absolute atomic E-state index is 0.0700. The molecule has 0 unspecified atom stereocenters. The van der Waals surface area contributed by atoms with Crippen LogP contribution in [0.15, 0.2) is 17.2 Å². The van der Waals surface area contributed by atoms with Crippen molar-refractivity contribution in [1.82, 2.24) is 0 Å². The van der Waals surface area contributed by atoms with Crippen LogP contribution < -0.4 is 0 Å². The molecule has 0 amide bonds. The van der Waals surface area contributed by atoms with Gasteiger partial charge in [-0.05, 0) is 5.53 Å². The second-order valence-electron chi connectivity index (χ2n) is 3.00. The van der Waals surface area contributed by atoms with Crippen LogP contribution in [-0.2, 0) is 0 Å². The third kappa shape index (κ3) is 2.98. The summed E-state index contributed by atoms with van der Waals surface area (Å²) in [6.45, 7) is -0.144. The molecule has 0 aromatic heterocycles. The molecule has 8 nitrogen and oxygen atoms in total. The summed E-state index contributed by atoms with van der Waals surface area (Å²) >= 11 is 0. The number of aldehydes is 1. The average molecular weight is 246 g/mol. The van der Waals surface area contributed by atoms with Gasteiger partial charge < -0.3 is 5.11 Å². The Morgan fingerprint density at radius 3 is 2.89 bits per heavy atom. The van der Waals surface area contributed by atoms with Crippen LogP contribution in [0.2, 0.25) is 0 Å². The van der Waals surface area contributed by atoms with Crippen molar-refractivity contribution >= 4 is 12.0 Å². The number of nitro groups is 1. The Hall–Kier alpha value is -3.04. The maximum absolute atomic E-state index is 10.6. The number of hydrogen-bond acceptors (Lipinski definition) is 5. The lowest BCUT2D eigenvalue weighted by Crippen LogP contribution is -1.93. The summed E-state index contributed by atoms with van der Waals surface area (Å²) in [6, 6.07) is 1.98. The Balaban J connectivity index is 3.27. The van der Waals surface area contributed by atoms with Gasteiger partial charge >= 0.3 is 0 Å². The molecule has 0 radical (unpaired) electrons. The molecule has 0 bridgehead atoms. The minimum Gasteiger partial charge on any atom is -0.506 e. The normalized spacial score (nSPS) is 8.67. The number of non-ortho nitro benzene ring substituents is 1. The quantitative estimate of drug-likeness (QED) is 0.166. The van der Waals surface area contributed by atoms with Crippen LogP contribution >= 0.6 is 0 Å². The van der Waals surface area contributed by atoms with Gasteiger partial charge in [-0.3, -0.25) is 14.9 Å². The molecule has 1 aromatic carbocycles. The van der Waals surface area contributed by atoms with Gasteiger partial charge in [0.25, 0.3) is 5.69 Å². The van der Waals surface area contributed by atoms with E-state index in [1.807, 2.05) is 0 Å². The number of hydrogen-bond donors (Lipinski definition) is 1. The van der Waals surface area contributed by atoms with Crippen molar-refractivity contribution in [2.75, 3.05) is 6.54 Å². The predicted octanol–water partition coefficient (Wildman–Crippen LogP) is 1.77. The van der Waals surface area contributed by atoms with E-state index in [0.717, 1.165) is 12.1 Å². The second-order valence-corrected chi connectivity index (χ2v) is 3.00. The lowest BCUT2D eigenvalue weighted by atomic mass is 10.1. The highest BCUT2D eigenvalue weighted by atomic mass is 16.6. The average Bonchev–Trinajstić information content (AvgIpc) is 2.36. The molecule has 18 heavy (non-hydrogen) atoms. The van der Waals surface area contributed by atoms with E-state index in [1.165, 1.54) is 0 Å². The summed E-state index contributed by atoms with van der Waals surface area (Å²) in [4.78, 5) is 23.0. The fourth-order valence-corrected chi connectivity index (χ4v) is 1.13. The first-order valence-electron chi connectivity index (χ1n) is 4.56. The first kappa shape index (κ1) is 13.0. The Morgan fingerprint density at radius 2 is 2.33 bits per heavy atom. The molecule has 0 saturated heterocycles. The molecule has 0 aliphatic heterocycles. The van der Waals surface area contributed by atoms with Gasteiger partial charge in [-0.25, -0.2) is 0 Å². The molecule has 1 N–H and O–H groups in total. The molecule has 90 valence electrons. The minimum atomic E-state index is -0.703. The van der Waals surface area contributed by atoms with Crippen molar-refractivity contribution in [1.29, 1.82) is 0 Å². The smallest absolute Gasteiger partial charge is 0.271 e. The first-order valence-corrected chi connectivity index (χ1v) is 4.56. The molecule has 0 fully saturated rings. The molecule has 0 saturated carbocycles. The molecule has 0 heterocycles. The zero-order chi connectivity index (χ0) is 13.5. The number of nitrogens with zero attached hydrogens (tertiary/aromatic N) is 4. The highest BCUT2D eigenvalue weighted by Crippen LogP contribution is 2.26. The van der Waals surface area contributed by atoms with Crippen molar-refractivity contribution < 1.29 is 14.8 Å². The number of phenols is 1. The largest absolute Gasteiger partial charge is 0.506 e. The van der Waals surface area contributed by atoms with Crippen LogP contribution in [0.25, 0.3) is 10.4 Å². The Bertz CT molecular complexity index is 608. The third-order valence-corrected chi connectivity index (χ3v) is 1.90. The molecule has 0 aliphatic carbocycles. The van der Waals surface area contributed by atoms with Gasteiger partial charge in [-0.2, -0.15) is 0 Å². The van der Waals surface area contributed by atoms with Crippen molar-refractivity contribution in [3.8, 4) is 17.6 Å². The topological polar surface area (TPSA) is 129 Å². The maximum atomic E-state index is 10.6. The summed E-state index contributed by atoms with van der Waals surface area (Å²) in [5.74, 6) is 4.34. The molecule has 1 aromatic rings. The number of aromatic hydroxyl groups is 1. The third-order valence-electron chi connectivity index (χ3n) is 1.90. The molecular weight excluding hydrogens is 240 g/mol. The Morgan fingerprint density at radius 1 is 1.61 bits per heavy atom. The second kappa shape index (κ2) is 5.89. The van der Waals surface area contributed by atoms with Gasteiger partial charge in [0.15, 0.2) is 6.29 Å². The van der Waals surface area contributed by atoms with Gasteiger partial charge in [-0.15, -0.1) is 0 Å². The van der Waals surface area contributed by atoms with E-state index in [0.29, 0.717) is 6.29 Å². The van der Waals surface area contributed by atoms with Crippen molar-refractivity contribution in [3.63, 3.8) is 0 Å². The number of phenolic OH excluding ortho intramolecular Hbond substituents is 1. The van der Waals surface area contributed by atoms with Crippen LogP contribution in [0.4, 0.5) is 5.69 Å². The maximum Gasteiger partial charge on any atom is 0.271 e. The van der Waals surface area contributed by atoms with Gasteiger partial charge in [0.2, 0.25) is 0 Å². The fourth-order valence-electron chi connectivity index (χ4n) is 1.13. The van der Waals surface area contributed by atoms with Crippen LogP contribution in [0, 0.1) is 22.0 Å². The molecular formula is C10H6N4O4. The van der Waals surface area contributed by atoms with Crippen molar-refractivity contribution in [2.45, 2.75) is 0 Å². The number of rotatable bonds is 3. The highest BCUT2D eigenvalue weighted by Gasteiger charge is 2.14. The number of azide groups is 1. The standard InChI is InChI=1S/C10H6N4O4/c11-13-12-3-1-2-7-4-9(14(17)18)5-8(6-15)10(7)16/h4-6,16H,3H2. The van der Waals surface area contributed by atoms with Crippen LogP contribution in [0.5, 0.6) is 5.75 Å². The summed E-state index contributed by atoms with van der Waals surface area (Å²) in [7, 11) is 0. The first-order chi connectivity index (χ1) is 8.60. The van der Waals surface area contributed by atoms with E-state index in [1.54, 1.807) is 0 Å². The lowest BCUT2D eigenvalue weighted by Gasteiger charge is -2.00. The zero-order valence-corrected chi connectivity index (χ0v) is 8.90. The summed E-state index contributed by atoms with van der Waals surface area (Å²) < 4.78 is 0. The highest BCUT2D eigenvalue weighted by molar-refractivity contribution is 5.82. The number of nitro benzene ring substituents is 1. The van der Waals surface area contributed by atoms with Crippen LogP contribution in [0.1, 0.15) is 15.9 Å². The number of benzene rings is 1. The van der Waals surface area contributed by atoms with E-state index in [9.17, 15) is 20.0 Å². The van der Waals surface area contributed by atoms with E-state index >= 15 is 0 Å². The summed E-state index contributed by atoms with van der Waals surface area (Å²) in [5, 5.41) is 23.3. The number of carbonyl (C=O) groups excluding carboxylic acids is 1. The Kier molecular flexibility index (Phi) is 4.26. The Labute approximate surface area is 101 Å². The molecule has 0 aliphatic rings. The number of carbonyl (C=O) groups is 1. The summed E-state index contributed by atoms with van der Waals surface area (Å²) in [5.41, 5.74) is 7.37. The predicted molar refractivity (Wildman–Crippen MR) is 61.0 cm³/mol. The van der Waals surface area contributed by atoms with Crippen molar-refractivity contribution in [3.05, 3.63) is 43.8 Å². The molecule has 0 atom stereocenters.